The molecule has 96 valence electrons. The molecule has 1 aromatic carbocycles. The van der Waals surface area contributed by atoms with Crippen LogP contribution in [-0.2, 0) is 14.3 Å². The fourth-order valence-electron chi connectivity index (χ4n) is 1.82. The van der Waals surface area contributed by atoms with E-state index in [1.54, 1.807) is 0 Å². The fourth-order valence-corrected chi connectivity index (χ4v) is 2.18. The number of halogens is 1. The third-order valence-electron chi connectivity index (χ3n) is 3.21. The number of rotatable bonds is 3. The molecule has 1 fully saturated rings. The van der Waals surface area contributed by atoms with Crippen LogP contribution in [-0.4, -0.2) is 19.0 Å². The molecule has 0 aliphatic heterocycles. The van der Waals surface area contributed by atoms with E-state index in [-0.39, 0.29) is 5.91 Å². The third-order valence-corrected chi connectivity index (χ3v) is 3.70. The van der Waals surface area contributed by atoms with Crippen LogP contribution in [0.25, 0.3) is 0 Å². The first-order valence-electron chi connectivity index (χ1n) is 5.65. The van der Waals surface area contributed by atoms with Crippen molar-refractivity contribution >= 4 is 33.5 Å². The van der Waals surface area contributed by atoms with Gasteiger partial charge < -0.3 is 10.1 Å². The van der Waals surface area contributed by atoms with Gasteiger partial charge in [0.25, 0.3) is 0 Å². The summed E-state index contributed by atoms with van der Waals surface area (Å²) in [5.41, 5.74) is 0.695. The molecule has 0 saturated heterocycles. The monoisotopic (exact) mass is 311 g/mol. The Kier molecular flexibility index (Phi) is 3.43. The molecular weight excluding hydrogens is 298 g/mol. The molecule has 0 atom stereocenters. The number of amides is 1. The van der Waals surface area contributed by atoms with Crippen molar-refractivity contribution < 1.29 is 14.3 Å². The van der Waals surface area contributed by atoms with Crippen molar-refractivity contribution in [1.29, 1.82) is 0 Å². The standard InChI is InChI=1S/C13H14BrNO3/c1-8-3-4-9(14)7-10(8)15-11(16)13(5-6-13)12(17)18-2/h3-4,7H,5-6H2,1-2H3,(H,15,16). The van der Waals surface area contributed by atoms with Crippen LogP contribution in [0.4, 0.5) is 5.69 Å². The average Bonchev–Trinajstić information content (AvgIpc) is 3.14. The Balaban J connectivity index is 2.17. The molecule has 18 heavy (non-hydrogen) atoms. The zero-order valence-corrected chi connectivity index (χ0v) is 11.8. The number of nitrogens with one attached hydrogen (secondary N) is 1. The number of hydrogen-bond acceptors (Lipinski definition) is 3. The second-order valence-corrected chi connectivity index (χ2v) is 5.40. The predicted octanol–water partition coefficient (Wildman–Crippen LogP) is 2.65. The van der Waals surface area contributed by atoms with Crippen molar-refractivity contribution in [2.45, 2.75) is 19.8 Å². The second kappa shape index (κ2) is 4.72. The summed E-state index contributed by atoms with van der Waals surface area (Å²) in [6, 6.07) is 5.62. The van der Waals surface area contributed by atoms with Gasteiger partial charge in [-0.25, -0.2) is 0 Å². The summed E-state index contributed by atoms with van der Waals surface area (Å²) in [6.07, 6.45) is 1.11. The fraction of sp³-hybridized carbons (Fsp3) is 0.385. The highest BCUT2D eigenvalue weighted by molar-refractivity contribution is 9.10. The quantitative estimate of drug-likeness (QED) is 0.689. The summed E-state index contributed by atoms with van der Waals surface area (Å²) in [6.45, 7) is 1.90. The van der Waals surface area contributed by atoms with Crippen LogP contribution in [0.1, 0.15) is 18.4 Å². The molecule has 0 heterocycles. The van der Waals surface area contributed by atoms with Gasteiger partial charge in [0, 0.05) is 10.2 Å². The molecule has 0 bridgehead atoms. The van der Waals surface area contributed by atoms with Gasteiger partial charge in [0.15, 0.2) is 0 Å². The van der Waals surface area contributed by atoms with Crippen LogP contribution in [0.2, 0.25) is 0 Å². The summed E-state index contributed by atoms with van der Waals surface area (Å²) in [5.74, 6) is -0.733. The van der Waals surface area contributed by atoms with Gasteiger partial charge in [0.2, 0.25) is 5.91 Å². The molecule has 1 N–H and O–H groups in total. The van der Waals surface area contributed by atoms with Crippen molar-refractivity contribution in [3.05, 3.63) is 28.2 Å². The van der Waals surface area contributed by atoms with E-state index in [2.05, 4.69) is 26.0 Å². The first-order chi connectivity index (χ1) is 8.49. The molecule has 1 aromatic rings. The van der Waals surface area contributed by atoms with Gasteiger partial charge in [-0.3, -0.25) is 9.59 Å². The minimum Gasteiger partial charge on any atom is -0.468 e. The van der Waals surface area contributed by atoms with Crippen LogP contribution in [0.3, 0.4) is 0 Å². The van der Waals surface area contributed by atoms with E-state index >= 15 is 0 Å². The van der Waals surface area contributed by atoms with Crippen LogP contribution in [0, 0.1) is 12.3 Å². The highest BCUT2D eigenvalue weighted by atomic mass is 79.9. The summed E-state index contributed by atoms with van der Waals surface area (Å²) in [7, 11) is 1.31. The Morgan fingerprint density at radius 1 is 1.39 bits per heavy atom. The summed E-state index contributed by atoms with van der Waals surface area (Å²) < 4.78 is 5.56. The van der Waals surface area contributed by atoms with Gasteiger partial charge in [-0.1, -0.05) is 22.0 Å². The van der Waals surface area contributed by atoms with Gasteiger partial charge in [-0.15, -0.1) is 0 Å². The van der Waals surface area contributed by atoms with E-state index in [4.69, 9.17) is 0 Å². The normalized spacial score (nSPS) is 15.9. The lowest BCUT2D eigenvalue weighted by Crippen LogP contribution is -2.32. The lowest BCUT2D eigenvalue weighted by atomic mass is 10.1. The van der Waals surface area contributed by atoms with E-state index in [0.29, 0.717) is 18.5 Å². The van der Waals surface area contributed by atoms with Gasteiger partial charge in [-0.2, -0.15) is 0 Å². The van der Waals surface area contributed by atoms with Crippen LogP contribution in [0.15, 0.2) is 22.7 Å². The topological polar surface area (TPSA) is 55.4 Å². The Morgan fingerprint density at radius 3 is 2.61 bits per heavy atom. The third kappa shape index (κ3) is 2.27. The Bertz CT molecular complexity index is 509. The Morgan fingerprint density at radius 2 is 2.06 bits per heavy atom. The predicted molar refractivity (Wildman–Crippen MR) is 71.2 cm³/mol. The van der Waals surface area contributed by atoms with Crippen LogP contribution >= 0.6 is 15.9 Å². The van der Waals surface area contributed by atoms with E-state index < -0.39 is 11.4 Å². The highest BCUT2D eigenvalue weighted by Crippen LogP contribution is 2.47. The van der Waals surface area contributed by atoms with E-state index in [0.717, 1.165) is 10.0 Å². The lowest BCUT2D eigenvalue weighted by molar-refractivity contribution is -0.150. The molecule has 4 nitrogen and oxygen atoms in total. The number of carbonyl (C=O) groups is 2. The van der Waals surface area contributed by atoms with Crippen LogP contribution in [0.5, 0.6) is 0 Å². The molecule has 1 aliphatic rings. The van der Waals surface area contributed by atoms with Crippen molar-refractivity contribution in [3.8, 4) is 0 Å². The molecule has 1 saturated carbocycles. The first kappa shape index (κ1) is 13.1. The molecule has 0 aromatic heterocycles. The molecular formula is C13H14BrNO3. The largest absolute Gasteiger partial charge is 0.468 e. The molecule has 5 heteroatoms. The number of benzene rings is 1. The van der Waals surface area contributed by atoms with Gasteiger partial charge in [0.05, 0.1) is 7.11 Å². The minimum atomic E-state index is -0.969. The molecule has 1 aliphatic carbocycles. The molecule has 2 rings (SSSR count). The first-order valence-corrected chi connectivity index (χ1v) is 6.45. The molecule has 0 radical (unpaired) electrons. The lowest BCUT2D eigenvalue weighted by Gasteiger charge is -2.14. The number of anilines is 1. The maximum absolute atomic E-state index is 12.1. The smallest absolute Gasteiger partial charge is 0.321 e. The van der Waals surface area contributed by atoms with E-state index in [1.165, 1.54) is 7.11 Å². The van der Waals surface area contributed by atoms with E-state index in [1.807, 2.05) is 25.1 Å². The summed E-state index contributed by atoms with van der Waals surface area (Å²) >= 11 is 3.35. The average molecular weight is 312 g/mol. The highest BCUT2D eigenvalue weighted by Gasteiger charge is 2.57. The van der Waals surface area contributed by atoms with Gasteiger partial charge >= 0.3 is 5.97 Å². The molecule has 0 spiro atoms. The number of methoxy groups -OCH3 is 1. The van der Waals surface area contributed by atoms with E-state index in [9.17, 15) is 9.59 Å². The Labute approximate surface area is 114 Å². The number of ether oxygens (including phenoxy) is 1. The maximum Gasteiger partial charge on any atom is 0.321 e. The maximum atomic E-state index is 12.1. The van der Waals surface area contributed by atoms with Crippen molar-refractivity contribution in [3.63, 3.8) is 0 Å². The van der Waals surface area contributed by atoms with Crippen LogP contribution < -0.4 is 5.32 Å². The van der Waals surface area contributed by atoms with Gasteiger partial charge in [0.1, 0.15) is 5.41 Å². The number of aryl methyl sites for hydroxylation is 1. The SMILES string of the molecule is COC(=O)C1(C(=O)Nc2cc(Br)ccc2C)CC1. The van der Waals surface area contributed by atoms with Crippen molar-refractivity contribution in [2.24, 2.45) is 5.41 Å². The Hall–Kier alpha value is -1.36. The summed E-state index contributed by atoms with van der Waals surface area (Å²) in [5, 5.41) is 2.80. The number of carbonyl (C=O) groups excluding carboxylic acids is 2. The minimum absolute atomic E-state index is 0.282. The van der Waals surface area contributed by atoms with Crippen molar-refractivity contribution in [1.82, 2.24) is 0 Å². The number of esters is 1. The summed E-state index contributed by atoms with van der Waals surface area (Å²) in [4.78, 5) is 23.7. The number of hydrogen-bond donors (Lipinski definition) is 1. The zero-order valence-electron chi connectivity index (χ0n) is 10.2. The molecule has 0 unspecified atom stereocenters. The van der Waals surface area contributed by atoms with Gasteiger partial charge in [-0.05, 0) is 37.5 Å². The second-order valence-electron chi connectivity index (χ2n) is 4.49. The van der Waals surface area contributed by atoms with Crippen molar-refractivity contribution in [2.75, 3.05) is 12.4 Å². The molecule has 1 amide bonds. The zero-order chi connectivity index (χ0) is 13.3.